The Bertz CT molecular complexity index is 356. The van der Waals surface area contributed by atoms with Gasteiger partial charge in [0, 0.05) is 6.61 Å². The van der Waals surface area contributed by atoms with Gasteiger partial charge in [-0.25, -0.2) is 0 Å². The molecule has 0 heterocycles. The second-order valence-corrected chi connectivity index (χ2v) is 4.42. The molecule has 0 aliphatic rings. The molecule has 0 aromatic carbocycles. The molecular weight excluding hydrogens is 328 g/mol. The molecule has 0 atom stereocenters. The zero-order chi connectivity index (χ0) is 21.8. The van der Waals surface area contributed by atoms with Gasteiger partial charge in [0.05, 0.1) is 19.5 Å². The van der Waals surface area contributed by atoms with E-state index in [0.29, 0.717) is 12.2 Å². The van der Waals surface area contributed by atoms with Gasteiger partial charge in [-0.3, -0.25) is 9.59 Å². The largest absolute Gasteiger partial charge is 0.502 e. The van der Waals surface area contributed by atoms with Crippen LogP contribution in [0.2, 0.25) is 0 Å². The molecule has 4 heteroatoms. The van der Waals surface area contributed by atoms with Gasteiger partial charge in [0.1, 0.15) is 0 Å². The van der Waals surface area contributed by atoms with Crippen LogP contribution in [-0.2, 0) is 19.1 Å². The minimum atomic E-state index is 0.0185. The summed E-state index contributed by atoms with van der Waals surface area (Å²) in [6, 6.07) is 0. The zero-order valence-corrected chi connectivity index (χ0v) is 17.8. The van der Waals surface area contributed by atoms with Crippen molar-refractivity contribution in [3.05, 3.63) is 63.0 Å². The maximum Gasteiger partial charge on any atom is 0.154 e. The predicted molar refractivity (Wildman–Crippen MR) is 115 cm³/mol. The number of rotatable bonds is 8. The van der Waals surface area contributed by atoms with Crippen LogP contribution in [0.4, 0.5) is 0 Å². The van der Waals surface area contributed by atoms with Crippen molar-refractivity contribution < 1.29 is 19.1 Å². The van der Waals surface area contributed by atoms with E-state index in [2.05, 4.69) is 44.6 Å². The molecule has 0 saturated heterocycles. The summed E-state index contributed by atoms with van der Waals surface area (Å²) in [5.41, 5.74) is 0.620. The Hall–Kier alpha value is -2.20. The summed E-state index contributed by atoms with van der Waals surface area (Å²) >= 11 is 0. The van der Waals surface area contributed by atoms with Crippen molar-refractivity contribution in [3.63, 3.8) is 0 Å². The smallest absolute Gasteiger partial charge is 0.154 e. The molecule has 0 saturated carbocycles. The van der Waals surface area contributed by atoms with Crippen molar-refractivity contribution in [1.82, 2.24) is 0 Å². The number of allylic oxidation sites excluding steroid dienone is 3. The van der Waals surface area contributed by atoms with Crippen LogP contribution in [0.5, 0.6) is 0 Å². The van der Waals surface area contributed by atoms with Crippen LogP contribution in [0.15, 0.2) is 63.0 Å². The normalized spacial score (nSPS) is 7.15. The third-order valence-electron chi connectivity index (χ3n) is 1.90. The quantitative estimate of drug-likeness (QED) is 0.233. The van der Waals surface area contributed by atoms with Gasteiger partial charge < -0.3 is 9.47 Å². The maximum absolute atomic E-state index is 10.0. The molecule has 0 aromatic heterocycles. The number of carbonyl (C=O) groups is 2. The van der Waals surface area contributed by atoms with Gasteiger partial charge in [0.2, 0.25) is 0 Å². The molecule has 0 aliphatic carbocycles. The van der Waals surface area contributed by atoms with E-state index >= 15 is 0 Å². The highest BCUT2D eigenvalue weighted by atomic mass is 16.5. The van der Waals surface area contributed by atoms with Gasteiger partial charge in [-0.1, -0.05) is 38.8 Å². The molecule has 0 bridgehead atoms. The van der Waals surface area contributed by atoms with Crippen LogP contribution in [0.1, 0.15) is 48.0 Å². The average molecular weight is 369 g/mol. The van der Waals surface area contributed by atoms with Crippen molar-refractivity contribution in [1.29, 1.82) is 0 Å². The van der Waals surface area contributed by atoms with Gasteiger partial charge in [-0.15, -0.1) is 13.2 Å². The van der Waals surface area contributed by atoms with Crippen LogP contribution in [0, 0.1) is 0 Å². The summed E-state index contributed by atoms with van der Waals surface area (Å²) < 4.78 is 9.46. The molecule has 0 rings (SSSR count). The van der Waals surface area contributed by atoms with Crippen LogP contribution in [0.3, 0.4) is 0 Å². The van der Waals surface area contributed by atoms with Crippen molar-refractivity contribution in [3.8, 4) is 0 Å². The Morgan fingerprint density at radius 1 is 0.885 bits per heavy atom. The van der Waals surface area contributed by atoms with Crippen LogP contribution >= 0.6 is 0 Å². The first-order valence-corrected chi connectivity index (χ1v) is 8.47. The topological polar surface area (TPSA) is 52.6 Å². The highest BCUT2D eigenvalue weighted by Crippen LogP contribution is 1.84. The first-order valence-electron chi connectivity index (χ1n) is 8.47. The Labute approximate surface area is 162 Å². The molecule has 0 fully saturated rings. The zero-order valence-electron chi connectivity index (χ0n) is 17.8. The molecule has 0 aromatic rings. The fraction of sp³-hybridized carbons (Fsp3) is 0.455. The first-order chi connectivity index (χ1) is 12.2. The molecule has 4 nitrogen and oxygen atoms in total. The van der Waals surface area contributed by atoms with Gasteiger partial charge in [0.15, 0.2) is 11.6 Å². The van der Waals surface area contributed by atoms with E-state index in [1.807, 2.05) is 19.9 Å². The van der Waals surface area contributed by atoms with E-state index in [4.69, 9.17) is 4.74 Å². The number of hydrogen-bond donors (Lipinski definition) is 0. The van der Waals surface area contributed by atoms with Crippen molar-refractivity contribution in [2.75, 3.05) is 19.8 Å². The molecule has 152 valence electrons. The first kappa shape index (κ1) is 35.0. The van der Waals surface area contributed by atoms with Crippen molar-refractivity contribution in [2.45, 2.75) is 48.0 Å². The van der Waals surface area contributed by atoms with Crippen LogP contribution in [-0.4, -0.2) is 31.4 Å². The molecule has 0 radical (unpaired) electrons. The van der Waals surface area contributed by atoms with Crippen molar-refractivity contribution in [2.24, 2.45) is 0 Å². The van der Waals surface area contributed by atoms with Gasteiger partial charge in [-0.05, 0) is 52.7 Å². The standard InChI is InChI=1S/C5H8O.C5H10O.C4H8O.C4H6O.C4H8/c1-4(2)5(3)6;1-3-5-6-4-2;1-3-5-4-2;1-3-4(2)5;1-3-4-2/h1H2,2-3H3;3H,1,4-5H2,2H3;3H,1,4H2,2H3;3H,1H2,2H3;3H,1,4H2,2H3. The number of ketones is 2. The number of carbonyl (C=O) groups excluding carboxylic acids is 2. The van der Waals surface area contributed by atoms with Crippen LogP contribution in [0.25, 0.3) is 0 Å². The summed E-state index contributed by atoms with van der Waals surface area (Å²) in [6.07, 6.45) is 7.41. The predicted octanol–water partition coefficient (Wildman–Crippen LogP) is 5.87. The molecule has 26 heavy (non-hydrogen) atoms. The fourth-order valence-corrected chi connectivity index (χ4v) is 0.319. The summed E-state index contributed by atoms with van der Waals surface area (Å²) in [7, 11) is 0. The highest BCUT2D eigenvalue weighted by molar-refractivity contribution is 5.91. The third kappa shape index (κ3) is 98.2. The van der Waals surface area contributed by atoms with E-state index in [-0.39, 0.29) is 11.6 Å². The highest BCUT2D eigenvalue weighted by Gasteiger charge is 1.85. The van der Waals surface area contributed by atoms with E-state index < -0.39 is 0 Å². The van der Waals surface area contributed by atoms with E-state index in [1.54, 1.807) is 13.0 Å². The lowest BCUT2D eigenvalue weighted by Crippen LogP contribution is -1.86. The second-order valence-electron chi connectivity index (χ2n) is 4.42. The molecule has 0 aliphatic heterocycles. The Morgan fingerprint density at radius 3 is 1.31 bits per heavy atom. The van der Waals surface area contributed by atoms with E-state index in [0.717, 1.165) is 19.6 Å². The third-order valence-corrected chi connectivity index (χ3v) is 1.90. The Morgan fingerprint density at radius 2 is 1.27 bits per heavy atom. The van der Waals surface area contributed by atoms with Gasteiger partial charge >= 0.3 is 0 Å². The minimum absolute atomic E-state index is 0.0185. The Kier molecular flexibility index (Phi) is 51.7. The van der Waals surface area contributed by atoms with Gasteiger partial charge in [-0.2, -0.15) is 0 Å². The lowest BCUT2D eigenvalue weighted by molar-refractivity contribution is -0.114. The molecular formula is C22H40O4. The average Bonchev–Trinajstić information content (AvgIpc) is 2.62. The number of ether oxygens (including phenoxy) is 2. The van der Waals surface area contributed by atoms with Crippen LogP contribution < -0.4 is 0 Å². The summed E-state index contributed by atoms with van der Waals surface area (Å²) in [4.78, 5) is 19.7. The monoisotopic (exact) mass is 368 g/mol. The number of hydrogen-bond acceptors (Lipinski definition) is 4. The fourth-order valence-electron chi connectivity index (χ4n) is 0.319. The maximum atomic E-state index is 10.0. The van der Waals surface area contributed by atoms with Crippen molar-refractivity contribution >= 4 is 11.6 Å². The van der Waals surface area contributed by atoms with E-state index in [9.17, 15) is 9.59 Å². The summed E-state index contributed by atoms with van der Waals surface area (Å²) in [5, 5.41) is 0. The number of Topliss-reactive ketones (excluding diaryl/α,β-unsaturated/α-hetero) is 1. The minimum Gasteiger partial charge on any atom is -0.502 e. The summed E-state index contributed by atoms with van der Waals surface area (Å²) in [6.45, 7) is 29.7. The van der Waals surface area contributed by atoms with E-state index in [1.165, 1.54) is 26.2 Å². The van der Waals surface area contributed by atoms with Gasteiger partial charge in [0.25, 0.3) is 0 Å². The lowest BCUT2D eigenvalue weighted by atomic mass is 10.3. The second kappa shape index (κ2) is 38.4. The SMILES string of the molecule is C=C(C)C(C)=O.C=CC(C)=O.C=CCC.C=CCOCC.C=COCC. The molecule has 0 N–H and O–H groups in total. The summed E-state index contributed by atoms with van der Waals surface area (Å²) in [5.74, 6) is 0.0833. The molecule has 0 unspecified atom stereocenters. The molecule has 0 spiro atoms. The molecule has 0 amide bonds. The Balaban J connectivity index is -0.0000000712. The lowest BCUT2D eigenvalue weighted by Gasteiger charge is -1.88.